The van der Waals surface area contributed by atoms with Gasteiger partial charge in [0.2, 0.25) is 0 Å². The molecule has 0 aliphatic rings. The Hall–Kier alpha value is -0.500. The zero-order chi connectivity index (χ0) is 21.1. The van der Waals surface area contributed by atoms with E-state index in [9.17, 15) is 13.2 Å². The minimum atomic E-state index is -4.24. The quantitative estimate of drug-likeness (QED) is 0.259. The molecule has 1 N–H and O–H groups in total. The number of ketones is 1. The van der Waals surface area contributed by atoms with Crippen LogP contribution in [-0.4, -0.2) is 38.6 Å². The summed E-state index contributed by atoms with van der Waals surface area (Å²) in [7, 11) is -4.24. The van der Waals surface area contributed by atoms with Crippen LogP contribution in [0.2, 0.25) is 0 Å². The highest BCUT2D eigenvalue weighted by molar-refractivity contribution is 7.81. The van der Waals surface area contributed by atoms with Crippen molar-refractivity contribution in [3.63, 3.8) is 0 Å². The lowest BCUT2D eigenvalue weighted by atomic mass is 10.0. The first-order valence-corrected chi connectivity index (χ1v) is 12.5. The van der Waals surface area contributed by atoms with Crippen molar-refractivity contribution in [2.45, 2.75) is 116 Å². The summed E-state index contributed by atoms with van der Waals surface area (Å²) in [4.78, 5) is 12.1. The first kappa shape index (κ1) is 27.5. The monoisotopic (exact) mass is 422 g/mol. The third-order valence-corrected chi connectivity index (χ3v) is 5.73. The van der Waals surface area contributed by atoms with Gasteiger partial charge in [0, 0.05) is 6.42 Å². The topological polar surface area (TPSA) is 89.9 Å². The van der Waals surface area contributed by atoms with Crippen molar-refractivity contribution in [2.75, 3.05) is 13.2 Å². The van der Waals surface area contributed by atoms with Crippen LogP contribution < -0.4 is 0 Å². The van der Waals surface area contributed by atoms with Crippen molar-refractivity contribution in [1.29, 1.82) is 0 Å². The third kappa shape index (κ3) is 16.5. The number of aliphatic hydroxyl groups is 1. The van der Waals surface area contributed by atoms with E-state index in [-0.39, 0.29) is 18.8 Å². The second-order valence-corrected chi connectivity index (χ2v) is 8.65. The van der Waals surface area contributed by atoms with Crippen molar-refractivity contribution >= 4 is 16.2 Å². The molecule has 0 aromatic rings. The summed E-state index contributed by atoms with van der Waals surface area (Å²) in [5, 5.41) is 8.61. The number of rotatable bonds is 21. The van der Waals surface area contributed by atoms with Gasteiger partial charge >= 0.3 is 10.4 Å². The van der Waals surface area contributed by atoms with Gasteiger partial charge in [-0.25, -0.2) is 8.37 Å². The average Bonchev–Trinajstić information content (AvgIpc) is 2.68. The van der Waals surface area contributed by atoms with Crippen LogP contribution >= 0.6 is 0 Å². The third-order valence-electron chi connectivity index (χ3n) is 4.81. The fraction of sp³-hybridized carbons (Fsp3) is 0.952. The summed E-state index contributed by atoms with van der Waals surface area (Å²) < 4.78 is 32.3. The van der Waals surface area contributed by atoms with Gasteiger partial charge in [0.25, 0.3) is 0 Å². The van der Waals surface area contributed by atoms with Crippen molar-refractivity contribution in [1.82, 2.24) is 0 Å². The molecule has 7 heteroatoms. The second kappa shape index (κ2) is 18.5. The van der Waals surface area contributed by atoms with E-state index in [4.69, 9.17) is 9.29 Å². The van der Waals surface area contributed by atoms with E-state index in [1.54, 1.807) is 6.92 Å². The lowest BCUT2D eigenvalue weighted by Crippen LogP contribution is -2.28. The van der Waals surface area contributed by atoms with Gasteiger partial charge in [-0.1, -0.05) is 90.9 Å². The van der Waals surface area contributed by atoms with Gasteiger partial charge in [0.15, 0.2) is 5.78 Å². The molecule has 0 saturated carbocycles. The van der Waals surface area contributed by atoms with Crippen LogP contribution in [0.4, 0.5) is 0 Å². The summed E-state index contributed by atoms with van der Waals surface area (Å²) in [6.45, 7) is 3.15. The molecular formula is C21H42O6S. The predicted octanol–water partition coefficient (Wildman–Crippen LogP) is 5.09. The lowest BCUT2D eigenvalue weighted by Gasteiger charge is -2.14. The lowest BCUT2D eigenvalue weighted by molar-refractivity contribution is -0.126. The molecule has 0 aromatic carbocycles. The van der Waals surface area contributed by atoms with E-state index >= 15 is 0 Å². The van der Waals surface area contributed by atoms with E-state index in [1.807, 2.05) is 0 Å². The Balaban J connectivity index is 3.66. The molecule has 0 spiro atoms. The molecule has 0 rings (SSSR count). The molecule has 6 nitrogen and oxygen atoms in total. The molecule has 1 atom stereocenters. The van der Waals surface area contributed by atoms with E-state index in [0.717, 1.165) is 19.3 Å². The number of Topliss-reactive ketones (excluding diaryl/α,β-unsaturated/α-hetero) is 1. The van der Waals surface area contributed by atoms with Crippen LogP contribution in [-0.2, 0) is 23.6 Å². The van der Waals surface area contributed by atoms with E-state index in [2.05, 4.69) is 11.1 Å². The second-order valence-electron chi connectivity index (χ2n) is 7.41. The maximum Gasteiger partial charge on any atom is 0.400 e. The van der Waals surface area contributed by atoms with Gasteiger partial charge in [0.05, 0.1) is 13.2 Å². The average molecular weight is 423 g/mol. The van der Waals surface area contributed by atoms with Gasteiger partial charge in [0.1, 0.15) is 6.10 Å². The van der Waals surface area contributed by atoms with E-state index in [0.29, 0.717) is 6.42 Å². The van der Waals surface area contributed by atoms with E-state index in [1.165, 1.54) is 64.2 Å². The molecule has 0 saturated heterocycles. The molecule has 1 unspecified atom stereocenters. The zero-order valence-electron chi connectivity index (χ0n) is 18.0. The highest BCUT2D eigenvalue weighted by Gasteiger charge is 2.24. The Morgan fingerprint density at radius 2 is 1.29 bits per heavy atom. The van der Waals surface area contributed by atoms with Crippen molar-refractivity contribution in [2.24, 2.45) is 0 Å². The molecule has 0 fully saturated rings. The molecule has 0 amide bonds. The maximum atomic E-state index is 12.1. The van der Waals surface area contributed by atoms with Crippen LogP contribution in [0.1, 0.15) is 110 Å². The van der Waals surface area contributed by atoms with Crippen LogP contribution in [0.25, 0.3) is 0 Å². The molecule has 28 heavy (non-hydrogen) atoms. The SMILES string of the molecule is CCCCCCCCCCCCCCCC(=O)C(CC)OS(=O)(=O)OCCO. The minimum Gasteiger partial charge on any atom is -0.394 e. The first-order chi connectivity index (χ1) is 13.5. The number of carbonyl (C=O) groups excluding carboxylic acids is 1. The highest BCUT2D eigenvalue weighted by atomic mass is 32.3. The summed E-state index contributed by atoms with van der Waals surface area (Å²) in [5.74, 6) is -0.207. The Morgan fingerprint density at radius 3 is 1.71 bits per heavy atom. The predicted molar refractivity (Wildman–Crippen MR) is 112 cm³/mol. The first-order valence-electron chi connectivity index (χ1n) is 11.2. The van der Waals surface area contributed by atoms with Crippen LogP contribution in [0.5, 0.6) is 0 Å². The van der Waals surface area contributed by atoms with Crippen LogP contribution in [0.15, 0.2) is 0 Å². The van der Waals surface area contributed by atoms with Crippen LogP contribution in [0.3, 0.4) is 0 Å². The van der Waals surface area contributed by atoms with Crippen molar-refractivity contribution < 1.29 is 26.7 Å². The molecule has 0 aliphatic heterocycles. The summed E-state index contributed by atoms with van der Waals surface area (Å²) in [5.41, 5.74) is 0. The number of hydrogen-bond acceptors (Lipinski definition) is 6. The van der Waals surface area contributed by atoms with Crippen LogP contribution in [0, 0.1) is 0 Å². The molecular weight excluding hydrogens is 380 g/mol. The molecule has 0 bridgehead atoms. The highest BCUT2D eigenvalue weighted by Crippen LogP contribution is 2.15. The van der Waals surface area contributed by atoms with E-state index < -0.39 is 23.1 Å². The van der Waals surface area contributed by atoms with Gasteiger partial charge in [-0.2, -0.15) is 8.42 Å². The van der Waals surface area contributed by atoms with Gasteiger partial charge in [-0.15, -0.1) is 0 Å². The number of aliphatic hydroxyl groups excluding tert-OH is 1. The Kier molecular flexibility index (Phi) is 18.2. The Labute approximate surface area is 172 Å². The standard InChI is InChI=1S/C21H42O6S/c1-3-5-6-7-8-9-10-11-12-13-14-15-16-17-20(23)21(4-2)27-28(24,25)26-19-18-22/h21-22H,3-19H2,1-2H3. The molecule has 0 heterocycles. The summed E-state index contributed by atoms with van der Waals surface area (Å²) in [6.07, 6.45) is 15.6. The largest absolute Gasteiger partial charge is 0.400 e. The summed E-state index contributed by atoms with van der Waals surface area (Å²) in [6, 6.07) is 0. The number of hydrogen-bond donors (Lipinski definition) is 1. The normalized spacial score (nSPS) is 13.0. The van der Waals surface area contributed by atoms with Gasteiger partial charge in [-0.3, -0.25) is 4.79 Å². The number of carbonyl (C=O) groups is 1. The maximum absolute atomic E-state index is 12.1. The smallest absolute Gasteiger partial charge is 0.394 e. The van der Waals surface area contributed by atoms with Gasteiger partial charge < -0.3 is 5.11 Å². The zero-order valence-corrected chi connectivity index (χ0v) is 18.8. The molecule has 0 aromatic heterocycles. The molecule has 0 radical (unpaired) electrons. The minimum absolute atomic E-state index is 0.207. The van der Waals surface area contributed by atoms with Crippen molar-refractivity contribution in [3.8, 4) is 0 Å². The Bertz CT molecular complexity index is 464. The Morgan fingerprint density at radius 1 is 0.821 bits per heavy atom. The van der Waals surface area contributed by atoms with Crippen molar-refractivity contribution in [3.05, 3.63) is 0 Å². The molecule has 168 valence electrons. The fourth-order valence-corrected chi connectivity index (χ4v) is 4.00. The fourth-order valence-electron chi connectivity index (χ4n) is 3.14. The summed E-state index contributed by atoms with van der Waals surface area (Å²) >= 11 is 0. The number of unbranched alkanes of at least 4 members (excludes halogenated alkanes) is 12. The van der Waals surface area contributed by atoms with Gasteiger partial charge in [-0.05, 0) is 12.8 Å². The molecule has 0 aliphatic carbocycles.